The van der Waals surface area contributed by atoms with Gasteiger partial charge in [0.15, 0.2) is 0 Å². The van der Waals surface area contributed by atoms with Gasteiger partial charge in [0, 0.05) is 5.41 Å². The van der Waals surface area contributed by atoms with Crippen molar-refractivity contribution < 1.29 is 13.2 Å². The van der Waals surface area contributed by atoms with Gasteiger partial charge in [0.05, 0.1) is 12.4 Å². The van der Waals surface area contributed by atoms with Gasteiger partial charge in [-0.05, 0) is 25.0 Å². The predicted molar refractivity (Wildman–Crippen MR) is 75.4 cm³/mol. The molecule has 0 unspecified atom stereocenters. The van der Waals surface area contributed by atoms with Crippen molar-refractivity contribution >= 4 is 10.0 Å². The standard InChI is InChI=1S/C14H21NO3S/c15-19(16,17)12-14(9-5-2-6-10-14)11-18-13-7-3-1-4-8-13/h1,3-4,7-8H,2,5-6,9-12H2,(H2,15,16,17). The van der Waals surface area contributed by atoms with Crippen molar-refractivity contribution in [3.8, 4) is 5.75 Å². The highest BCUT2D eigenvalue weighted by Gasteiger charge is 2.36. The minimum Gasteiger partial charge on any atom is -0.493 e. The minimum absolute atomic E-state index is 0.0207. The molecule has 0 aromatic heterocycles. The van der Waals surface area contributed by atoms with Gasteiger partial charge in [-0.15, -0.1) is 0 Å². The highest BCUT2D eigenvalue weighted by molar-refractivity contribution is 7.89. The normalized spacial score (nSPS) is 19.0. The third-order valence-electron chi connectivity index (χ3n) is 3.71. The second kappa shape index (κ2) is 5.92. The molecule has 1 aromatic rings. The monoisotopic (exact) mass is 283 g/mol. The number of benzene rings is 1. The molecule has 0 heterocycles. The largest absolute Gasteiger partial charge is 0.493 e. The predicted octanol–water partition coefficient (Wildman–Crippen LogP) is 2.30. The molecule has 0 bridgehead atoms. The number of hydrogen-bond donors (Lipinski definition) is 1. The highest BCUT2D eigenvalue weighted by Crippen LogP contribution is 2.37. The van der Waals surface area contributed by atoms with Crippen LogP contribution in [0.4, 0.5) is 0 Å². The maximum absolute atomic E-state index is 11.4. The molecular weight excluding hydrogens is 262 g/mol. The number of sulfonamides is 1. The molecule has 5 heteroatoms. The first-order valence-corrected chi connectivity index (χ1v) is 8.39. The Bertz CT molecular complexity index is 493. The lowest BCUT2D eigenvalue weighted by molar-refractivity contribution is 0.118. The maximum Gasteiger partial charge on any atom is 0.209 e. The van der Waals surface area contributed by atoms with Gasteiger partial charge in [0.1, 0.15) is 5.75 Å². The van der Waals surface area contributed by atoms with E-state index in [4.69, 9.17) is 9.88 Å². The van der Waals surface area contributed by atoms with Gasteiger partial charge in [-0.25, -0.2) is 13.6 Å². The summed E-state index contributed by atoms with van der Waals surface area (Å²) in [6.07, 6.45) is 5.01. The summed E-state index contributed by atoms with van der Waals surface area (Å²) in [6, 6.07) is 9.50. The first kappa shape index (κ1) is 14.3. The Hall–Kier alpha value is -1.07. The summed E-state index contributed by atoms with van der Waals surface area (Å²) in [5, 5.41) is 5.24. The Morgan fingerprint density at radius 1 is 1.11 bits per heavy atom. The fourth-order valence-corrected chi connectivity index (χ4v) is 4.04. The second-order valence-corrected chi connectivity index (χ2v) is 7.08. The Morgan fingerprint density at radius 3 is 2.32 bits per heavy atom. The molecule has 1 fully saturated rings. The van der Waals surface area contributed by atoms with Crippen LogP contribution >= 0.6 is 0 Å². The molecule has 1 aromatic carbocycles. The lowest BCUT2D eigenvalue weighted by Crippen LogP contribution is -2.40. The lowest BCUT2D eigenvalue weighted by atomic mass is 9.76. The molecule has 2 N–H and O–H groups in total. The number of para-hydroxylation sites is 1. The summed E-state index contributed by atoms with van der Waals surface area (Å²) in [7, 11) is -3.47. The molecule has 1 aliphatic rings. The molecule has 0 atom stereocenters. The van der Waals surface area contributed by atoms with Crippen molar-refractivity contribution in [3.05, 3.63) is 30.3 Å². The van der Waals surface area contributed by atoms with E-state index >= 15 is 0 Å². The molecular formula is C14H21NO3S. The third-order valence-corrected chi connectivity index (χ3v) is 4.72. The number of nitrogens with two attached hydrogens (primary N) is 1. The number of hydrogen-bond acceptors (Lipinski definition) is 3. The number of ether oxygens (including phenoxy) is 1. The van der Waals surface area contributed by atoms with Gasteiger partial charge in [0.25, 0.3) is 0 Å². The first-order valence-electron chi connectivity index (χ1n) is 6.68. The van der Waals surface area contributed by atoms with Crippen molar-refractivity contribution in [2.45, 2.75) is 32.1 Å². The van der Waals surface area contributed by atoms with E-state index in [1.54, 1.807) is 0 Å². The topological polar surface area (TPSA) is 69.4 Å². The average Bonchev–Trinajstić information content (AvgIpc) is 2.37. The van der Waals surface area contributed by atoms with Crippen molar-refractivity contribution in [3.63, 3.8) is 0 Å². The van der Waals surface area contributed by atoms with Crippen LogP contribution in [0.2, 0.25) is 0 Å². The van der Waals surface area contributed by atoms with E-state index in [0.29, 0.717) is 6.61 Å². The zero-order valence-corrected chi connectivity index (χ0v) is 11.9. The van der Waals surface area contributed by atoms with Gasteiger partial charge < -0.3 is 4.74 Å². The molecule has 19 heavy (non-hydrogen) atoms. The van der Waals surface area contributed by atoms with E-state index in [9.17, 15) is 8.42 Å². The molecule has 0 saturated heterocycles. The zero-order chi connectivity index (χ0) is 13.8. The number of rotatable bonds is 5. The summed E-state index contributed by atoms with van der Waals surface area (Å²) in [6.45, 7) is 0.424. The summed E-state index contributed by atoms with van der Waals surface area (Å²) < 4.78 is 28.7. The molecule has 0 aliphatic heterocycles. The second-order valence-electron chi connectivity index (χ2n) is 5.47. The van der Waals surface area contributed by atoms with Gasteiger partial charge in [0.2, 0.25) is 10.0 Å². The lowest BCUT2D eigenvalue weighted by Gasteiger charge is -2.36. The summed E-state index contributed by atoms with van der Waals surface area (Å²) in [5.41, 5.74) is -0.318. The van der Waals surface area contributed by atoms with Crippen molar-refractivity contribution in [1.82, 2.24) is 0 Å². The quantitative estimate of drug-likeness (QED) is 0.901. The fourth-order valence-electron chi connectivity index (χ4n) is 2.81. The van der Waals surface area contributed by atoms with E-state index in [0.717, 1.165) is 37.9 Å². The first-order chi connectivity index (χ1) is 8.99. The van der Waals surface area contributed by atoms with Crippen LogP contribution in [0.25, 0.3) is 0 Å². The van der Waals surface area contributed by atoms with Gasteiger partial charge in [-0.3, -0.25) is 0 Å². The molecule has 2 rings (SSSR count). The van der Waals surface area contributed by atoms with E-state index in [1.165, 1.54) is 0 Å². The third kappa shape index (κ3) is 4.51. The summed E-state index contributed by atoms with van der Waals surface area (Å²) >= 11 is 0. The van der Waals surface area contributed by atoms with Crippen LogP contribution in [0, 0.1) is 5.41 Å². The van der Waals surface area contributed by atoms with Crippen molar-refractivity contribution in [2.75, 3.05) is 12.4 Å². The Balaban J connectivity index is 2.05. The average molecular weight is 283 g/mol. The van der Waals surface area contributed by atoms with Gasteiger partial charge >= 0.3 is 0 Å². The molecule has 4 nitrogen and oxygen atoms in total. The Labute approximate surface area is 115 Å². The Kier molecular flexibility index (Phi) is 4.47. The molecule has 1 aliphatic carbocycles. The van der Waals surface area contributed by atoms with Crippen LogP contribution in [0.5, 0.6) is 5.75 Å². The van der Waals surface area contributed by atoms with E-state index in [-0.39, 0.29) is 11.2 Å². The van der Waals surface area contributed by atoms with Crippen LogP contribution in [-0.4, -0.2) is 20.8 Å². The van der Waals surface area contributed by atoms with Crippen molar-refractivity contribution in [2.24, 2.45) is 10.6 Å². The van der Waals surface area contributed by atoms with Crippen LogP contribution in [-0.2, 0) is 10.0 Å². The molecule has 0 spiro atoms. The van der Waals surface area contributed by atoms with Crippen LogP contribution in [0.15, 0.2) is 30.3 Å². The van der Waals surface area contributed by atoms with Gasteiger partial charge in [-0.2, -0.15) is 0 Å². The number of primary sulfonamides is 1. The van der Waals surface area contributed by atoms with Crippen LogP contribution < -0.4 is 9.88 Å². The van der Waals surface area contributed by atoms with Crippen LogP contribution in [0.3, 0.4) is 0 Å². The molecule has 1 saturated carbocycles. The van der Waals surface area contributed by atoms with E-state index < -0.39 is 10.0 Å². The maximum atomic E-state index is 11.4. The van der Waals surface area contributed by atoms with Gasteiger partial charge in [-0.1, -0.05) is 37.5 Å². The molecule has 106 valence electrons. The summed E-state index contributed by atoms with van der Waals surface area (Å²) in [5.74, 6) is 0.800. The molecule has 0 radical (unpaired) electrons. The van der Waals surface area contributed by atoms with Crippen LogP contribution in [0.1, 0.15) is 32.1 Å². The smallest absolute Gasteiger partial charge is 0.209 e. The summed E-state index contributed by atoms with van der Waals surface area (Å²) in [4.78, 5) is 0. The zero-order valence-electron chi connectivity index (χ0n) is 11.0. The highest BCUT2D eigenvalue weighted by atomic mass is 32.2. The minimum atomic E-state index is -3.47. The fraction of sp³-hybridized carbons (Fsp3) is 0.571. The molecule has 0 amide bonds. The Morgan fingerprint density at radius 2 is 1.74 bits per heavy atom. The SMILES string of the molecule is NS(=O)(=O)CC1(COc2ccccc2)CCCCC1. The van der Waals surface area contributed by atoms with E-state index in [2.05, 4.69) is 0 Å². The van der Waals surface area contributed by atoms with Crippen molar-refractivity contribution in [1.29, 1.82) is 0 Å². The van der Waals surface area contributed by atoms with E-state index in [1.807, 2.05) is 30.3 Å².